The van der Waals surface area contributed by atoms with E-state index in [-0.39, 0.29) is 12.0 Å². The molecule has 1 atom stereocenters. The van der Waals surface area contributed by atoms with Crippen LogP contribution < -0.4 is 0 Å². The van der Waals surface area contributed by atoms with Gasteiger partial charge in [-0.2, -0.15) is 0 Å². The first-order valence-corrected chi connectivity index (χ1v) is 9.66. The van der Waals surface area contributed by atoms with Crippen LogP contribution in [-0.4, -0.2) is 46.0 Å². The largest absolute Gasteiger partial charge is 0.444 e. The summed E-state index contributed by atoms with van der Waals surface area (Å²) in [5.41, 5.74) is -0.164. The van der Waals surface area contributed by atoms with E-state index in [0.717, 1.165) is 44.2 Å². The lowest BCUT2D eigenvalue weighted by Gasteiger charge is -2.50. The summed E-state index contributed by atoms with van der Waals surface area (Å²) in [6.45, 7) is 7.55. The van der Waals surface area contributed by atoms with Crippen molar-refractivity contribution < 1.29 is 14.3 Å². The van der Waals surface area contributed by atoms with Crippen molar-refractivity contribution in [3.8, 4) is 0 Å². The molecule has 1 aromatic rings. The van der Waals surface area contributed by atoms with Crippen molar-refractivity contribution in [3.63, 3.8) is 0 Å². The Hall–Kier alpha value is -2.04. The Labute approximate surface area is 156 Å². The average molecular weight is 358 g/mol. The molecule has 2 aliphatic rings. The van der Waals surface area contributed by atoms with Crippen LogP contribution in [0.15, 0.2) is 30.3 Å². The molecule has 0 N–H and O–H groups in total. The van der Waals surface area contributed by atoms with Gasteiger partial charge in [-0.3, -0.25) is 9.69 Å². The molecule has 2 saturated heterocycles. The molecule has 26 heavy (non-hydrogen) atoms. The summed E-state index contributed by atoms with van der Waals surface area (Å²) in [6.07, 6.45) is 3.93. The number of hydrogen-bond acceptors (Lipinski definition) is 3. The number of carbonyl (C=O) groups excluding carboxylic acids is 2. The fourth-order valence-corrected chi connectivity index (χ4v) is 4.12. The maximum Gasteiger partial charge on any atom is 0.411 e. The van der Waals surface area contributed by atoms with Gasteiger partial charge in [0.15, 0.2) is 0 Å². The van der Waals surface area contributed by atoms with Crippen LogP contribution in [0.2, 0.25) is 0 Å². The van der Waals surface area contributed by atoms with Crippen molar-refractivity contribution in [2.75, 3.05) is 13.1 Å². The van der Waals surface area contributed by atoms with Gasteiger partial charge in [-0.25, -0.2) is 4.79 Å². The highest BCUT2D eigenvalue weighted by molar-refractivity contribution is 5.91. The number of likely N-dealkylation sites (tertiary alicyclic amines) is 2. The maximum absolute atomic E-state index is 13.5. The lowest BCUT2D eigenvalue weighted by Crippen LogP contribution is -2.65. The van der Waals surface area contributed by atoms with Crippen molar-refractivity contribution in [1.29, 1.82) is 0 Å². The monoisotopic (exact) mass is 358 g/mol. The van der Waals surface area contributed by atoms with Gasteiger partial charge in [-0.15, -0.1) is 0 Å². The van der Waals surface area contributed by atoms with E-state index in [4.69, 9.17) is 4.74 Å². The SMILES string of the molecule is CC(C)(C)OC(=O)N1CCCCC12CCCN(Cc1ccccc1)C2=O. The molecule has 142 valence electrons. The molecule has 2 heterocycles. The summed E-state index contributed by atoms with van der Waals surface area (Å²) in [5, 5.41) is 0. The Morgan fingerprint density at radius 1 is 1.08 bits per heavy atom. The van der Waals surface area contributed by atoms with Crippen LogP contribution in [0.1, 0.15) is 58.4 Å². The molecule has 0 aliphatic carbocycles. The van der Waals surface area contributed by atoms with Gasteiger partial charge in [0.05, 0.1) is 0 Å². The normalized spacial score (nSPS) is 24.0. The Bertz CT molecular complexity index is 649. The molecule has 1 aromatic carbocycles. The molecule has 1 spiro atoms. The third kappa shape index (κ3) is 3.87. The Balaban J connectivity index is 1.82. The van der Waals surface area contributed by atoms with E-state index < -0.39 is 11.1 Å². The second-order valence-corrected chi connectivity index (χ2v) is 8.44. The number of carbonyl (C=O) groups is 2. The van der Waals surface area contributed by atoms with Crippen LogP contribution >= 0.6 is 0 Å². The van der Waals surface area contributed by atoms with Crippen molar-refractivity contribution in [2.45, 2.75) is 70.6 Å². The summed E-state index contributed by atoms with van der Waals surface area (Å²) < 4.78 is 5.62. The first kappa shape index (κ1) is 18.7. The van der Waals surface area contributed by atoms with Crippen LogP contribution in [-0.2, 0) is 16.1 Å². The van der Waals surface area contributed by atoms with Crippen LogP contribution in [0.4, 0.5) is 4.79 Å². The number of nitrogens with zero attached hydrogens (tertiary/aromatic N) is 2. The topological polar surface area (TPSA) is 49.9 Å². The molecule has 1 unspecified atom stereocenters. The van der Waals surface area contributed by atoms with Gasteiger partial charge < -0.3 is 9.64 Å². The molecule has 2 aliphatic heterocycles. The zero-order valence-corrected chi connectivity index (χ0v) is 16.2. The smallest absolute Gasteiger partial charge is 0.411 e. The zero-order valence-electron chi connectivity index (χ0n) is 16.2. The minimum Gasteiger partial charge on any atom is -0.444 e. The molecule has 3 rings (SSSR count). The van der Waals surface area contributed by atoms with Gasteiger partial charge in [0, 0.05) is 19.6 Å². The van der Waals surface area contributed by atoms with Gasteiger partial charge in [0.2, 0.25) is 5.91 Å². The number of piperidine rings is 2. The highest BCUT2D eigenvalue weighted by atomic mass is 16.6. The van der Waals surface area contributed by atoms with Gasteiger partial charge >= 0.3 is 6.09 Å². The van der Waals surface area contributed by atoms with Crippen LogP contribution in [0.5, 0.6) is 0 Å². The number of benzene rings is 1. The third-order valence-corrected chi connectivity index (χ3v) is 5.27. The Morgan fingerprint density at radius 3 is 2.46 bits per heavy atom. The molecule has 0 aromatic heterocycles. The standard InChI is InChI=1S/C21H30N2O3/c1-20(2,3)26-19(25)23-15-8-7-12-21(23)13-9-14-22(18(21)24)16-17-10-5-4-6-11-17/h4-6,10-11H,7-9,12-16H2,1-3H3. The molecule has 2 fully saturated rings. The van der Waals surface area contributed by atoms with Crippen molar-refractivity contribution in [2.24, 2.45) is 0 Å². The molecular formula is C21H30N2O3. The summed E-state index contributed by atoms with van der Waals surface area (Å²) >= 11 is 0. The second kappa shape index (κ2) is 7.29. The second-order valence-electron chi connectivity index (χ2n) is 8.44. The van der Waals surface area contributed by atoms with E-state index in [1.165, 1.54) is 0 Å². The van der Waals surface area contributed by atoms with Gasteiger partial charge in [0.25, 0.3) is 0 Å². The summed E-state index contributed by atoms with van der Waals surface area (Å²) in [5.74, 6) is 0.0816. The molecule has 0 radical (unpaired) electrons. The predicted octanol–water partition coefficient (Wildman–Crippen LogP) is 3.97. The van der Waals surface area contributed by atoms with E-state index >= 15 is 0 Å². The van der Waals surface area contributed by atoms with Crippen molar-refractivity contribution >= 4 is 12.0 Å². The van der Waals surface area contributed by atoms with E-state index in [1.54, 1.807) is 4.90 Å². The number of amides is 2. The maximum atomic E-state index is 13.5. The van der Waals surface area contributed by atoms with Crippen molar-refractivity contribution in [1.82, 2.24) is 9.80 Å². The van der Waals surface area contributed by atoms with Crippen LogP contribution in [0, 0.1) is 0 Å². The summed E-state index contributed by atoms with van der Waals surface area (Å²) in [4.78, 5) is 29.9. The first-order chi connectivity index (χ1) is 12.3. The number of rotatable bonds is 2. The van der Waals surface area contributed by atoms with Crippen LogP contribution in [0.3, 0.4) is 0 Å². The Kier molecular flexibility index (Phi) is 5.26. The zero-order chi connectivity index (χ0) is 18.8. The van der Waals surface area contributed by atoms with E-state index in [0.29, 0.717) is 13.1 Å². The summed E-state index contributed by atoms with van der Waals surface area (Å²) in [6, 6.07) is 10.1. The lowest BCUT2D eigenvalue weighted by molar-refractivity contribution is -0.152. The molecular weight excluding hydrogens is 328 g/mol. The number of hydrogen-bond donors (Lipinski definition) is 0. The van der Waals surface area contributed by atoms with Gasteiger partial charge in [-0.05, 0) is 58.4 Å². The molecule has 2 amide bonds. The molecule has 5 heteroatoms. The highest BCUT2D eigenvalue weighted by Crippen LogP contribution is 2.38. The highest BCUT2D eigenvalue weighted by Gasteiger charge is 2.52. The number of ether oxygens (including phenoxy) is 1. The lowest BCUT2D eigenvalue weighted by atomic mass is 9.79. The van der Waals surface area contributed by atoms with Gasteiger partial charge in [0.1, 0.15) is 11.1 Å². The fraction of sp³-hybridized carbons (Fsp3) is 0.619. The fourth-order valence-electron chi connectivity index (χ4n) is 4.12. The quantitative estimate of drug-likeness (QED) is 0.804. The summed E-state index contributed by atoms with van der Waals surface area (Å²) in [7, 11) is 0. The predicted molar refractivity (Wildman–Crippen MR) is 101 cm³/mol. The van der Waals surface area contributed by atoms with E-state index in [2.05, 4.69) is 0 Å². The van der Waals surface area contributed by atoms with Gasteiger partial charge in [-0.1, -0.05) is 30.3 Å². The molecule has 0 saturated carbocycles. The van der Waals surface area contributed by atoms with Crippen LogP contribution in [0.25, 0.3) is 0 Å². The third-order valence-electron chi connectivity index (χ3n) is 5.27. The van der Waals surface area contributed by atoms with Crippen molar-refractivity contribution in [3.05, 3.63) is 35.9 Å². The molecule has 0 bridgehead atoms. The average Bonchev–Trinajstić information content (AvgIpc) is 2.59. The minimum absolute atomic E-state index is 0.0816. The van der Waals surface area contributed by atoms with E-state index in [9.17, 15) is 9.59 Å². The minimum atomic E-state index is -0.729. The first-order valence-electron chi connectivity index (χ1n) is 9.66. The van der Waals surface area contributed by atoms with E-state index in [1.807, 2.05) is 56.0 Å². The Morgan fingerprint density at radius 2 is 1.77 bits per heavy atom. The molecule has 5 nitrogen and oxygen atoms in total.